The first-order valence-electron chi connectivity index (χ1n) is 10.5. The van der Waals surface area contributed by atoms with Gasteiger partial charge in [0.15, 0.2) is 5.69 Å². The van der Waals surface area contributed by atoms with Crippen LogP contribution in [-0.2, 0) is 0 Å². The number of nitrogens with zero attached hydrogens (tertiary/aromatic N) is 4. The highest BCUT2D eigenvalue weighted by molar-refractivity contribution is 6.05. The van der Waals surface area contributed by atoms with Gasteiger partial charge in [-0.3, -0.25) is 9.89 Å². The lowest BCUT2D eigenvalue weighted by molar-refractivity contribution is 0.0729. The molecule has 0 aliphatic carbocycles. The Kier molecular flexibility index (Phi) is 4.86. The molecule has 0 spiro atoms. The van der Waals surface area contributed by atoms with E-state index in [0.717, 1.165) is 52.3 Å². The number of aromatic amines is 1. The SMILES string of the molecule is Cc1ccc2[nH]nc(C(=O)N3CCC[C@@H]3c3cccc(Nc4cccc(C)n4)n3)c2c1. The predicted octanol–water partition coefficient (Wildman–Crippen LogP) is 4.69. The lowest BCUT2D eigenvalue weighted by atomic mass is 10.1. The van der Waals surface area contributed by atoms with Gasteiger partial charge in [0.25, 0.3) is 5.91 Å². The van der Waals surface area contributed by atoms with Crippen LogP contribution in [0.25, 0.3) is 10.9 Å². The number of amides is 1. The maximum Gasteiger partial charge on any atom is 0.275 e. The van der Waals surface area contributed by atoms with E-state index in [1.807, 2.05) is 73.3 Å². The molecule has 0 radical (unpaired) electrons. The monoisotopic (exact) mass is 412 g/mol. The quantitative estimate of drug-likeness (QED) is 0.508. The Morgan fingerprint density at radius 2 is 1.87 bits per heavy atom. The Labute approximate surface area is 180 Å². The van der Waals surface area contributed by atoms with Gasteiger partial charge in [0.2, 0.25) is 0 Å². The molecule has 0 unspecified atom stereocenters. The van der Waals surface area contributed by atoms with Crippen molar-refractivity contribution >= 4 is 28.4 Å². The van der Waals surface area contributed by atoms with E-state index >= 15 is 0 Å². The average molecular weight is 412 g/mol. The Morgan fingerprint density at radius 3 is 2.71 bits per heavy atom. The third kappa shape index (κ3) is 3.74. The number of pyridine rings is 2. The Balaban J connectivity index is 1.42. The molecule has 2 N–H and O–H groups in total. The summed E-state index contributed by atoms with van der Waals surface area (Å²) < 4.78 is 0. The minimum absolute atomic E-state index is 0.0557. The number of aromatic nitrogens is 4. The maximum absolute atomic E-state index is 13.4. The number of carbonyl (C=O) groups is 1. The van der Waals surface area contributed by atoms with Crippen LogP contribution in [0.2, 0.25) is 0 Å². The zero-order valence-corrected chi connectivity index (χ0v) is 17.6. The highest BCUT2D eigenvalue weighted by Gasteiger charge is 2.33. The molecule has 1 fully saturated rings. The second-order valence-corrected chi connectivity index (χ2v) is 8.01. The van der Waals surface area contributed by atoms with Gasteiger partial charge in [0.1, 0.15) is 11.6 Å². The van der Waals surface area contributed by atoms with Crippen molar-refractivity contribution in [1.82, 2.24) is 25.1 Å². The van der Waals surface area contributed by atoms with Crippen molar-refractivity contribution in [2.45, 2.75) is 32.7 Å². The summed E-state index contributed by atoms with van der Waals surface area (Å²) in [5.74, 6) is 1.41. The Hall–Kier alpha value is -3.74. The van der Waals surface area contributed by atoms with Crippen LogP contribution >= 0.6 is 0 Å². The molecule has 5 rings (SSSR count). The van der Waals surface area contributed by atoms with Crippen LogP contribution in [0.5, 0.6) is 0 Å². The molecule has 4 aromatic rings. The highest BCUT2D eigenvalue weighted by atomic mass is 16.2. The third-order valence-corrected chi connectivity index (χ3v) is 5.69. The topological polar surface area (TPSA) is 86.8 Å². The first kappa shape index (κ1) is 19.2. The van der Waals surface area contributed by atoms with Crippen LogP contribution in [-0.4, -0.2) is 37.5 Å². The number of hydrogen-bond donors (Lipinski definition) is 2. The number of anilines is 2. The van der Waals surface area contributed by atoms with E-state index < -0.39 is 0 Å². The summed E-state index contributed by atoms with van der Waals surface area (Å²) in [5.41, 5.74) is 4.27. The van der Waals surface area contributed by atoms with Crippen molar-refractivity contribution in [2.24, 2.45) is 0 Å². The first-order chi connectivity index (χ1) is 15.1. The lowest BCUT2D eigenvalue weighted by Crippen LogP contribution is -2.31. The molecule has 7 nitrogen and oxygen atoms in total. The van der Waals surface area contributed by atoms with Crippen LogP contribution in [0.4, 0.5) is 11.6 Å². The van der Waals surface area contributed by atoms with Crippen molar-refractivity contribution in [3.8, 4) is 0 Å². The molecule has 0 bridgehead atoms. The third-order valence-electron chi connectivity index (χ3n) is 5.69. The molecule has 31 heavy (non-hydrogen) atoms. The summed E-state index contributed by atoms with van der Waals surface area (Å²) >= 11 is 0. The molecule has 1 amide bonds. The zero-order chi connectivity index (χ0) is 21.4. The van der Waals surface area contributed by atoms with E-state index in [4.69, 9.17) is 4.98 Å². The van der Waals surface area contributed by atoms with Gasteiger partial charge in [-0.2, -0.15) is 5.10 Å². The molecule has 0 saturated carbocycles. The van der Waals surface area contributed by atoms with Crippen molar-refractivity contribution in [3.63, 3.8) is 0 Å². The fourth-order valence-corrected chi connectivity index (χ4v) is 4.19. The van der Waals surface area contributed by atoms with Gasteiger partial charge >= 0.3 is 0 Å². The summed E-state index contributed by atoms with van der Waals surface area (Å²) in [4.78, 5) is 24.6. The molecule has 156 valence electrons. The van der Waals surface area contributed by atoms with E-state index in [1.165, 1.54) is 0 Å². The number of H-pyrrole nitrogens is 1. The van der Waals surface area contributed by atoms with Crippen LogP contribution < -0.4 is 5.32 Å². The van der Waals surface area contributed by atoms with E-state index in [9.17, 15) is 4.79 Å². The van der Waals surface area contributed by atoms with E-state index in [0.29, 0.717) is 12.2 Å². The summed E-state index contributed by atoms with van der Waals surface area (Å²) in [6.07, 6.45) is 1.82. The van der Waals surface area contributed by atoms with Crippen molar-refractivity contribution in [3.05, 3.63) is 77.2 Å². The molecule has 1 aromatic carbocycles. The molecular weight excluding hydrogens is 388 g/mol. The zero-order valence-electron chi connectivity index (χ0n) is 17.6. The van der Waals surface area contributed by atoms with Crippen molar-refractivity contribution in [1.29, 1.82) is 0 Å². The van der Waals surface area contributed by atoms with Gasteiger partial charge in [-0.25, -0.2) is 9.97 Å². The Morgan fingerprint density at radius 1 is 1.06 bits per heavy atom. The minimum atomic E-state index is -0.0729. The number of aryl methyl sites for hydroxylation is 2. The minimum Gasteiger partial charge on any atom is -0.329 e. The van der Waals surface area contributed by atoms with Gasteiger partial charge in [0.05, 0.1) is 17.3 Å². The highest BCUT2D eigenvalue weighted by Crippen LogP contribution is 2.33. The number of rotatable bonds is 4. The summed E-state index contributed by atoms with van der Waals surface area (Å²) in [6.45, 7) is 4.67. The molecule has 1 aliphatic rings. The van der Waals surface area contributed by atoms with E-state index in [1.54, 1.807) is 0 Å². The molecule has 1 aliphatic heterocycles. The number of carbonyl (C=O) groups excluding carboxylic acids is 1. The number of likely N-dealkylation sites (tertiary alicyclic amines) is 1. The fraction of sp³-hybridized carbons (Fsp3) is 0.250. The smallest absolute Gasteiger partial charge is 0.275 e. The van der Waals surface area contributed by atoms with Gasteiger partial charge in [0, 0.05) is 17.6 Å². The van der Waals surface area contributed by atoms with E-state index in [-0.39, 0.29) is 11.9 Å². The largest absolute Gasteiger partial charge is 0.329 e. The number of fused-ring (bicyclic) bond motifs is 1. The second kappa shape index (κ2) is 7.83. The van der Waals surface area contributed by atoms with Crippen LogP contribution in [0.15, 0.2) is 54.6 Å². The first-order valence-corrected chi connectivity index (χ1v) is 10.5. The number of benzene rings is 1. The number of nitrogens with one attached hydrogen (secondary N) is 2. The van der Waals surface area contributed by atoms with E-state index in [2.05, 4.69) is 20.5 Å². The van der Waals surface area contributed by atoms with Gasteiger partial charge in [-0.15, -0.1) is 0 Å². The van der Waals surface area contributed by atoms with Crippen LogP contribution in [0.3, 0.4) is 0 Å². The van der Waals surface area contributed by atoms with Crippen molar-refractivity contribution < 1.29 is 4.79 Å². The maximum atomic E-state index is 13.4. The average Bonchev–Trinajstić information content (AvgIpc) is 3.41. The predicted molar refractivity (Wildman–Crippen MR) is 120 cm³/mol. The number of hydrogen-bond acceptors (Lipinski definition) is 5. The summed E-state index contributed by atoms with van der Waals surface area (Å²) in [6, 6.07) is 17.6. The Bertz CT molecular complexity index is 1260. The molecule has 4 heterocycles. The summed E-state index contributed by atoms with van der Waals surface area (Å²) in [5, 5.41) is 11.5. The lowest BCUT2D eigenvalue weighted by Gasteiger charge is -2.24. The molecule has 7 heteroatoms. The fourth-order valence-electron chi connectivity index (χ4n) is 4.19. The van der Waals surface area contributed by atoms with Gasteiger partial charge in [-0.05, 0) is 63.1 Å². The molecule has 1 saturated heterocycles. The second-order valence-electron chi connectivity index (χ2n) is 8.01. The normalized spacial score (nSPS) is 16.1. The molecular formula is C24H24N6O. The van der Waals surface area contributed by atoms with Crippen LogP contribution in [0, 0.1) is 13.8 Å². The van der Waals surface area contributed by atoms with Crippen molar-refractivity contribution in [2.75, 3.05) is 11.9 Å². The standard InChI is InChI=1S/C24H24N6O/c1-15-11-12-18-17(14-15)23(29-28-18)24(31)30-13-5-8-20(30)19-7-4-10-22(26-19)27-21-9-3-6-16(2)25-21/h3-4,6-7,9-12,14,20H,5,8,13H2,1-2H3,(H,28,29)(H,25,26,27)/t20-/m1/s1. The summed E-state index contributed by atoms with van der Waals surface area (Å²) in [7, 11) is 0. The molecule has 1 atom stereocenters. The van der Waals surface area contributed by atoms with Crippen LogP contribution in [0.1, 0.15) is 46.3 Å². The van der Waals surface area contributed by atoms with Gasteiger partial charge in [-0.1, -0.05) is 23.8 Å². The van der Waals surface area contributed by atoms with Gasteiger partial charge < -0.3 is 10.2 Å². The molecule has 3 aromatic heterocycles.